The maximum Gasteiger partial charge on any atom is 0.260 e. The number of nitrogens with one attached hydrogen (secondary N) is 1. The van der Waals surface area contributed by atoms with Crippen LogP contribution in [0.2, 0.25) is 5.02 Å². The standard InChI is InChI=1S/C26H27ClN4O3/c1-18-7-8-23(26(33)29-16-19-4-3-11-28-15-19)25(30-18)20-9-12-31(13-10-20)24(32)17-34-22-6-2-5-21(27)14-22/h2-8,11,14-15,20H,9-10,12-13,16-17H2,1H3,(H,29,33). The predicted molar refractivity (Wildman–Crippen MR) is 130 cm³/mol. The van der Waals surface area contributed by atoms with Crippen LogP contribution in [0, 0.1) is 6.92 Å². The number of halogens is 1. The Balaban J connectivity index is 1.35. The summed E-state index contributed by atoms with van der Waals surface area (Å²) in [4.78, 5) is 36.2. The molecular formula is C26H27ClN4O3. The molecule has 0 aliphatic carbocycles. The molecular weight excluding hydrogens is 452 g/mol. The van der Waals surface area contributed by atoms with E-state index in [1.165, 1.54) is 0 Å². The Hall–Kier alpha value is -3.45. The Labute approximate surface area is 204 Å². The fourth-order valence-corrected chi connectivity index (χ4v) is 4.24. The third-order valence-electron chi connectivity index (χ3n) is 5.88. The molecule has 176 valence electrons. The van der Waals surface area contributed by atoms with Crippen LogP contribution in [0.15, 0.2) is 60.9 Å². The Kier molecular flexibility index (Phi) is 7.75. The Morgan fingerprint density at radius 1 is 1.15 bits per heavy atom. The van der Waals surface area contributed by atoms with Gasteiger partial charge in [-0.2, -0.15) is 0 Å². The van der Waals surface area contributed by atoms with E-state index in [9.17, 15) is 9.59 Å². The second-order valence-electron chi connectivity index (χ2n) is 8.33. The van der Waals surface area contributed by atoms with E-state index in [-0.39, 0.29) is 24.3 Å². The summed E-state index contributed by atoms with van der Waals surface area (Å²) in [7, 11) is 0. The number of hydrogen-bond acceptors (Lipinski definition) is 5. The number of aryl methyl sites for hydroxylation is 1. The zero-order valence-electron chi connectivity index (χ0n) is 19.0. The van der Waals surface area contributed by atoms with Crippen LogP contribution in [0.5, 0.6) is 5.75 Å². The number of benzene rings is 1. The van der Waals surface area contributed by atoms with E-state index in [1.807, 2.05) is 31.2 Å². The van der Waals surface area contributed by atoms with E-state index < -0.39 is 0 Å². The first kappa shape index (κ1) is 23.7. The molecule has 34 heavy (non-hydrogen) atoms. The average Bonchev–Trinajstić information content (AvgIpc) is 2.86. The summed E-state index contributed by atoms with van der Waals surface area (Å²) in [6.07, 6.45) is 4.91. The summed E-state index contributed by atoms with van der Waals surface area (Å²) in [5, 5.41) is 3.53. The average molecular weight is 479 g/mol. The zero-order chi connectivity index (χ0) is 23.9. The fraction of sp³-hybridized carbons (Fsp3) is 0.308. The second kappa shape index (κ2) is 11.1. The number of likely N-dealkylation sites (tertiary alicyclic amines) is 1. The highest BCUT2D eigenvalue weighted by Gasteiger charge is 2.28. The molecule has 0 radical (unpaired) electrons. The van der Waals surface area contributed by atoms with E-state index in [4.69, 9.17) is 21.3 Å². The zero-order valence-corrected chi connectivity index (χ0v) is 19.8. The number of rotatable bonds is 7. The van der Waals surface area contributed by atoms with Crippen LogP contribution in [0.4, 0.5) is 0 Å². The molecule has 2 aromatic heterocycles. The van der Waals surface area contributed by atoms with Crippen molar-refractivity contribution in [2.75, 3.05) is 19.7 Å². The second-order valence-corrected chi connectivity index (χ2v) is 8.77. The summed E-state index contributed by atoms with van der Waals surface area (Å²) >= 11 is 5.97. The van der Waals surface area contributed by atoms with Gasteiger partial charge in [0.25, 0.3) is 11.8 Å². The van der Waals surface area contributed by atoms with Gasteiger partial charge in [0.2, 0.25) is 0 Å². The quantitative estimate of drug-likeness (QED) is 0.551. The number of piperidine rings is 1. The molecule has 7 nitrogen and oxygen atoms in total. The number of amides is 2. The summed E-state index contributed by atoms with van der Waals surface area (Å²) < 4.78 is 5.60. The number of aromatic nitrogens is 2. The fourth-order valence-electron chi connectivity index (χ4n) is 4.06. The van der Waals surface area contributed by atoms with Gasteiger partial charge in [-0.25, -0.2) is 0 Å². The van der Waals surface area contributed by atoms with E-state index in [2.05, 4.69) is 10.3 Å². The lowest BCUT2D eigenvalue weighted by atomic mass is 9.89. The highest BCUT2D eigenvalue weighted by atomic mass is 35.5. The van der Waals surface area contributed by atoms with Crippen molar-refractivity contribution in [3.8, 4) is 5.75 Å². The van der Waals surface area contributed by atoms with Gasteiger partial charge in [-0.1, -0.05) is 23.7 Å². The van der Waals surface area contributed by atoms with Gasteiger partial charge in [0.05, 0.1) is 11.3 Å². The van der Waals surface area contributed by atoms with Gasteiger partial charge in [-0.05, 0) is 61.7 Å². The van der Waals surface area contributed by atoms with Crippen molar-refractivity contribution in [2.45, 2.75) is 32.2 Å². The molecule has 3 heterocycles. The van der Waals surface area contributed by atoms with Crippen molar-refractivity contribution in [1.82, 2.24) is 20.2 Å². The number of carbonyl (C=O) groups excluding carboxylic acids is 2. The summed E-state index contributed by atoms with van der Waals surface area (Å²) in [5.74, 6) is 0.462. The van der Waals surface area contributed by atoms with Gasteiger partial charge in [-0.3, -0.25) is 19.6 Å². The van der Waals surface area contributed by atoms with Gasteiger partial charge in [0, 0.05) is 48.7 Å². The van der Waals surface area contributed by atoms with Crippen LogP contribution in [0.25, 0.3) is 0 Å². The molecule has 1 aromatic carbocycles. The largest absolute Gasteiger partial charge is 0.484 e. The number of pyridine rings is 2. The molecule has 0 saturated carbocycles. The van der Waals surface area contributed by atoms with Crippen LogP contribution in [-0.4, -0.2) is 46.4 Å². The predicted octanol–water partition coefficient (Wildman–Crippen LogP) is 4.15. The first-order valence-corrected chi connectivity index (χ1v) is 11.7. The lowest BCUT2D eigenvalue weighted by Crippen LogP contribution is -2.41. The maximum atomic E-state index is 12.9. The first-order chi connectivity index (χ1) is 16.5. The smallest absolute Gasteiger partial charge is 0.260 e. The normalized spacial score (nSPS) is 14.0. The Morgan fingerprint density at radius 3 is 2.71 bits per heavy atom. The topological polar surface area (TPSA) is 84.4 Å². The minimum atomic E-state index is -0.153. The lowest BCUT2D eigenvalue weighted by molar-refractivity contribution is -0.134. The van der Waals surface area contributed by atoms with Crippen molar-refractivity contribution in [3.63, 3.8) is 0 Å². The molecule has 1 saturated heterocycles. The van der Waals surface area contributed by atoms with E-state index in [0.717, 1.165) is 29.8 Å². The van der Waals surface area contributed by atoms with E-state index >= 15 is 0 Å². The highest BCUT2D eigenvalue weighted by Crippen LogP contribution is 2.29. The monoisotopic (exact) mass is 478 g/mol. The van der Waals surface area contributed by atoms with Gasteiger partial charge in [0.1, 0.15) is 5.75 Å². The molecule has 0 bridgehead atoms. The van der Waals surface area contributed by atoms with Gasteiger partial charge < -0.3 is 15.0 Å². The molecule has 0 spiro atoms. The Bertz CT molecular complexity index is 1150. The molecule has 1 N–H and O–H groups in total. The van der Waals surface area contributed by atoms with Crippen molar-refractivity contribution in [2.24, 2.45) is 0 Å². The van der Waals surface area contributed by atoms with Crippen LogP contribution in [0.3, 0.4) is 0 Å². The van der Waals surface area contributed by atoms with E-state index in [0.29, 0.717) is 36.0 Å². The summed E-state index contributed by atoms with van der Waals surface area (Å²) in [5.41, 5.74) is 3.19. The molecule has 1 fully saturated rings. The maximum absolute atomic E-state index is 12.9. The third-order valence-corrected chi connectivity index (χ3v) is 6.11. The van der Waals surface area contributed by atoms with Crippen molar-refractivity contribution < 1.29 is 14.3 Å². The summed E-state index contributed by atoms with van der Waals surface area (Å²) in [6.45, 7) is 3.48. The molecule has 2 amide bonds. The van der Waals surface area contributed by atoms with Crippen LogP contribution in [-0.2, 0) is 11.3 Å². The lowest BCUT2D eigenvalue weighted by Gasteiger charge is -2.32. The summed E-state index contributed by atoms with van der Waals surface area (Å²) in [6, 6.07) is 14.5. The minimum Gasteiger partial charge on any atom is -0.484 e. The molecule has 1 aliphatic rings. The van der Waals surface area contributed by atoms with Crippen molar-refractivity contribution >= 4 is 23.4 Å². The number of nitrogens with zero attached hydrogens (tertiary/aromatic N) is 3. The van der Waals surface area contributed by atoms with Crippen molar-refractivity contribution in [3.05, 3.63) is 88.5 Å². The highest BCUT2D eigenvalue weighted by molar-refractivity contribution is 6.30. The number of ether oxygens (including phenoxy) is 1. The molecule has 1 aliphatic heterocycles. The minimum absolute atomic E-state index is 0.0320. The molecule has 3 aromatic rings. The number of carbonyl (C=O) groups is 2. The van der Waals surface area contributed by atoms with Crippen LogP contribution >= 0.6 is 11.6 Å². The third kappa shape index (κ3) is 6.11. The van der Waals surface area contributed by atoms with Crippen LogP contribution < -0.4 is 10.1 Å². The van der Waals surface area contributed by atoms with Gasteiger partial charge in [0.15, 0.2) is 6.61 Å². The molecule has 0 unspecified atom stereocenters. The van der Waals surface area contributed by atoms with E-state index in [1.54, 1.807) is 41.6 Å². The van der Waals surface area contributed by atoms with Crippen molar-refractivity contribution in [1.29, 1.82) is 0 Å². The van der Waals surface area contributed by atoms with Gasteiger partial charge in [-0.15, -0.1) is 0 Å². The Morgan fingerprint density at radius 2 is 1.97 bits per heavy atom. The molecule has 4 rings (SSSR count). The van der Waals surface area contributed by atoms with Gasteiger partial charge >= 0.3 is 0 Å². The SMILES string of the molecule is Cc1ccc(C(=O)NCc2cccnc2)c(C2CCN(C(=O)COc3cccc(Cl)c3)CC2)n1. The van der Waals surface area contributed by atoms with Crippen LogP contribution in [0.1, 0.15) is 46.1 Å². The molecule has 0 atom stereocenters. The number of hydrogen-bond donors (Lipinski definition) is 1. The first-order valence-electron chi connectivity index (χ1n) is 11.3. The molecule has 8 heteroatoms.